The number of benzene rings is 2. The van der Waals surface area contributed by atoms with Crippen molar-refractivity contribution < 1.29 is 4.79 Å². The first-order valence-corrected chi connectivity index (χ1v) is 8.62. The summed E-state index contributed by atoms with van der Waals surface area (Å²) < 4.78 is 1.43. The van der Waals surface area contributed by atoms with Crippen molar-refractivity contribution in [1.29, 1.82) is 0 Å². The minimum absolute atomic E-state index is 0.115. The highest BCUT2D eigenvalue weighted by atomic mass is 16.2. The molecule has 4 aromatic rings. The van der Waals surface area contributed by atoms with E-state index >= 15 is 0 Å². The van der Waals surface area contributed by atoms with Gasteiger partial charge in [0.25, 0.3) is 5.56 Å². The van der Waals surface area contributed by atoms with Gasteiger partial charge >= 0.3 is 0 Å². The van der Waals surface area contributed by atoms with Gasteiger partial charge in [0.05, 0.1) is 18.1 Å². The van der Waals surface area contributed by atoms with Crippen molar-refractivity contribution in [3.63, 3.8) is 0 Å². The summed E-state index contributed by atoms with van der Waals surface area (Å²) >= 11 is 0. The Morgan fingerprint density at radius 2 is 1.96 bits per heavy atom. The Kier molecular flexibility index (Phi) is 4.40. The Bertz CT molecular complexity index is 1240. The summed E-state index contributed by atoms with van der Waals surface area (Å²) in [6.45, 7) is 1.52. The van der Waals surface area contributed by atoms with Crippen molar-refractivity contribution in [1.82, 2.24) is 29.8 Å². The number of tetrazole rings is 1. The first-order chi connectivity index (χ1) is 13.5. The van der Waals surface area contributed by atoms with Gasteiger partial charge in [0, 0.05) is 11.3 Å². The van der Waals surface area contributed by atoms with E-state index in [-0.39, 0.29) is 18.0 Å². The molecule has 0 saturated carbocycles. The predicted octanol–water partition coefficient (Wildman–Crippen LogP) is 1.53. The number of carbonyl (C=O) groups is 1. The van der Waals surface area contributed by atoms with Crippen molar-refractivity contribution >= 4 is 22.6 Å². The molecule has 9 heteroatoms. The normalized spacial score (nSPS) is 10.9. The van der Waals surface area contributed by atoms with Crippen LogP contribution in [-0.2, 0) is 18.4 Å². The van der Waals surface area contributed by atoms with Gasteiger partial charge in [-0.1, -0.05) is 24.3 Å². The van der Waals surface area contributed by atoms with Crippen molar-refractivity contribution in [2.24, 2.45) is 7.05 Å². The number of nitrogens with zero attached hydrogens (tertiary/aromatic N) is 6. The molecular weight excluding hydrogens is 358 g/mol. The van der Waals surface area contributed by atoms with Gasteiger partial charge in [-0.15, -0.1) is 10.2 Å². The zero-order valence-corrected chi connectivity index (χ0v) is 15.3. The molecule has 9 nitrogen and oxygen atoms in total. The molecule has 4 rings (SSSR count). The van der Waals surface area contributed by atoms with Crippen molar-refractivity contribution in [2.75, 3.05) is 5.32 Å². The second-order valence-corrected chi connectivity index (χ2v) is 6.31. The van der Waals surface area contributed by atoms with Gasteiger partial charge in [-0.3, -0.25) is 14.2 Å². The predicted molar refractivity (Wildman–Crippen MR) is 104 cm³/mol. The molecule has 2 aromatic heterocycles. The van der Waals surface area contributed by atoms with E-state index in [4.69, 9.17) is 0 Å². The number of para-hydroxylation sites is 2. The molecule has 0 atom stereocenters. The van der Waals surface area contributed by atoms with Gasteiger partial charge in [0.1, 0.15) is 12.2 Å². The highest BCUT2D eigenvalue weighted by Gasteiger charge is 2.12. The molecule has 140 valence electrons. The molecular formula is C19H17N7O2. The van der Waals surface area contributed by atoms with E-state index in [1.807, 2.05) is 24.3 Å². The van der Waals surface area contributed by atoms with E-state index in [9.17, 15) is 9.59 Å². The minimum Gasteiger partial charge on any atom is -0.325 e. The van der Waals surface area contributed by atoms with Crippen LogP contribution in [0, 0.1) is 6.92 Å². The highest BCUT2D eigenvalue weighted by Crippen LogP contribution is 2.18. The largest absolute Gasteiger partial charge is 0.325 e. The molecule has 2 heterocycles. The van der Waals surface area contributed by atoms with Crippen LogP contribution in [0.5, 0.6) is 0 Å². The maximum absolute atomic E-state index is 12.6. The number of amides is 1. The average molecular weight is 375 g/mol. The second kappa shape index (κ2) is 7.03. The smallest absolute Gasteiger partial charge is 0.272 e. The molecule has 0 radical (unpaired) electrons. The first kappa shape index (κ1) is 17.5. The highest BCUT2D eigenvalue weighted by molar-refractivity contribution is 5.92. The van der Waals surface area contributed by atoms with E-state index < -0.39 is 0 Å². The maximum atomic E-state index is 12.6. The average Bonchev–Trinajstić information content (AvgIpc) is 3.12. The van der Waals surface area contributed by atoms with Gasteiger partial charge in [0.15, 0.2) is 0 Å². The summed E-state index contributed by atoms with van der Waals surface area (Å²) in [5.74, 6) is 0.146. The number of carbonyl (C=O) groups excluding carboxylic acids is 1. The fourth-order valence-electron chi connectivity index (χ4n) is 2.96. The summed E-state index contributed by atoms with van der Waals surface area (Å²) in [6, 6.07) is 14.4. The van der Waals surface area contributed by atoms with E-state index in [1.165, 1.54) is 9.36 Å². The number of aromatic nitrogens is 6. The SMILES string of the molecule is Cc1nc2ccccc2n(CC(=O)Nc2cccc(-c3nnn(C)n3)c2)c1=O. The number of nitrogens with one attached hydrogen (secondary N) is 1. The second-order valence-electron chi connectivity index (χ2n) is 6.31. The van der Waals surface area contributed by atoms with Crippen molar-refractivity contribution in [3.05, 3.63) is 64.6 Å². The van der Waals surface area contributed by atoms with E-state index in [1.54, 1.807) is 38.2 Å². The molecule has 28 heavy (non-hydrogen) atoms. The van der Waals surface area contributed by atoms with Crippen LogP contribution >= 0.6 is 0 Å². The Labute approximate surface area is 159 Å². The standard InChI is InChI=1S/C19H17N7O2/c1-12-19(28)26(16-9-4-3-8-15(16)20-12)11-17(27)21-14-7-5-6-13(10-14)18-22-24-25(2)23-18/h3-10H,11H2,1-2H3,(H,21,27). The Morgan fingerprint density at radius 3 is 2.75 bits per heavy atom. The fraction of sp³-hybridized carbons (Fsp3) is 0.158. The summed E-state index contributed by atoms with van der Waals surface area (Å²) in [5, 5.41) is 14.7. The van der Waals surface area contributed by atoms with Gasteiger partial charge in [-0.25, -0.2) is 4.98 Å². The van der Waals surface area contributed by atoms with E-state index in [0.717, 1.165) is 5.56 Å². The molecule has 0 fully saturated rings. The van der Waals surface area contributed by atoms with Crippen molar-refractivity contribution in [3.8, 4) is 11.4 Å². The molecule has 0 aliphatic heterocycles. The third-order valence-electron chi connectivity index (χ3n) is 4.23. The molecule has 0 bridgehead atoms. The Morgan fingerprint density at radius 1 is 1.14 bits per heavy atom. The lowest BCUT2D eigenvalue weighted by Gasteiger charge is -2.11. The quantitative estimate of drug-likeness (QED) is 0.580. The fourth-order valence-corrected chi connectivity index (χ4v) is 2.96. The van der Waals surface area contributed by atoms with Crippen LogP contribution in [0.15, 0.2) is 53.3 Å². The molecule has 1 N–H and O–H groups in total. The molecule has 0 aliphatic carbocycles. The molecule has 0 saturated heterocycles. The van der Waals surface area contributed by atoms with E-state index in [2.05, 4.69) is 25.7 Å². The topological polar surface area (TPSA) is 108 Å². The maximum Gasteiger partial charge on any atom is 0.272 e. The van der Waals surface area contributed by atoms with Gasteiger partial charge in [-0.2, -0.15) is 4.80 Å². The van der Waals surface area contributed by atoms with Gasteiger partial charge in [0.2, 0.25) is 11.7 Å². The van der Waals surface area contributed by atoms with Gasteiger partial charge in [-0.05, 0) is 36.4 Å². The number of hydrogen-bond acceptors (Lipinski definition) is 6. The Balaban J connectivity index is 1.60. The number of aryl methyl sites for hydroxylation is 2. The van der Waals surface area contributed by atoms with Crippen molar-refractivity contribution in [2.45, 2.75) is 13.5 Å². The zero-order valence-electron chi connectivity index (χ0n) is 15.3. The van der Waals surface area contributed by atoms with Crippen LogP contribution in [0.1, 0.15) is 5.69 Å². The summed E-state index contributed by atoms with van der Waals surface area (Å²) in [5.41, 5.74) is 2.66. The molecule has 0 unspecified atom stereocenters. The number of hydrogen-bond donors (Lipinski definition) is 1. The molecule has 0 spiro atoms. The third kappa shape index (κ3) is 3.37. The number of anilines is 1. The van der Waals surface area contributed by atoms with Crippen LogP contribution in [0.2, 0.25) is 0 Å². The van der Waals surface area contributed by atoms with Gasteiger partial charge < -0.3 is 5.32 Å². The van der Waals surface area contributed by atoms with Crippen LogP contribution in [-0.4, -0.2) is 35.7 Å². The molecule has 0 aliphatic rings. The monoisotopic (exact) mass is 375 g/mol. The van der Waals surface area contributed by atoms with E-state index in [0.29, 0.717) is 28.2 Å². The number of fused-ring (bicyclic) bond motifs is 1. The summed E-state index contributed by atoms with van der Waals surface area (Å²) in [7, 11) is 1.68. The molecule has 1 amide bonds. The lowest BCUT2D eigenvalue weighted by Crippen LogP contribution is -2.30. The first-order valence-electron chi connectivity index (χ1n) is 8.62. The van der Waals surface area contributed by atoms with Crippen LogP contribution in [0.25, 0.3) is 22.4 Å². The lowest BCUT2D eigenvalue weighted by molar-refractivity contribution is -0.116. The minimum atomic E-state index is -0.317. The van der Waals surface area contributed by atoms with Crippen LogP contribution in [0.4, 0.5) is 5.69 Å². The van der Waals surface area contributed by atoms with Crippen LogP contribution < -0.4 is 10.9 Å². The molecule has 2 aromatic carbocycles. The lowest BCUT2D eigenvalue weighted by atomic mass is 10.2. The Hall–Kier alpha value is -3.88. The number of rotatable bonds is 4. The summed E-state index contributed by atoms with van der Waals surface area (Å²) in [4.78, 5) is 30.8. The zero-order chi connectivity index (χ0) is 19.7. The van der Waals surface area contributed by atoms with Crippen LogP contribution in [0.3, 0.4) is 0 Å². The third-order valence-corrected chi connectivity index (χ3v) is 4.23. The summed E-state index contributed by atoms with van der Waals surface area (Å²) in [6.07, 6.45) is 0.